The second kappa shape index (κ2) is 8.23. The number of hydrogen-bond acceptors (Lipinski definition) is 5. The average Bonchev–Trinajstić information content (AvgIpc) is 2.95. The number of halogens is 1. The first-order valence-corrected chi connectivity index (χ1v) is 8.51. The highest BCUT2D eigenvalue weighted by molar-refractivity contribution is 5.91. The number of aryl methyl sites for hydroxylation is 1. The highest BCUT2D eigenvalue weighted by Gasteiger charge is 2.35. The van der Waals surface area contributed by atoms with E-state index in [1.54, 1.807) is 32.2 Å². The van der Waals surface area contributed by atoms with Crippen LogP contribution < -0.4 is 10.6 Å². The van der Waals surface area contributed by atoms with Gasteiger partial charge in [-0.25, -0.2) is 4.39 Å². The molecule has 0 saturated carbocycles. The molecule has 1 aliphatic heterocycles. The van der Waals surface area contributed by atoms with Crippen LogP contribution in [-0.2, 0) is 9.59 Å². The number of alkyl halides is 1. The zero-order valence-electron chi connectivity index (χ0n) is 15.3. The van der Waals surface area contributed by atoms with Crippen LogP contribution in [0.2, 0.25) is 0 Å². The third-order valence-corrected chi connectivity index (χ3v) is 4.24. The van der Waals surface area contributed by atoms with Gasteiger partial charge < -0.3 is 15.5 Å². The standard InChI is InChI=1S/C18H24FN5O2/c1-12-4-5-14(9-21-12)23-16(25)7-18(2,3)22-10-17(26)24-11-13(19)6-15(24)8-20/h4-5,9,13,15,22H,6-7,10-11H2,1-3H3,(H,23,25)/t13-,15-/m0/s1. The van der Waals surface area contributed by atoms with Crippen LogP contribution in [0.1, 0.15) is 32.4 Å². The summed E-state index contributed by atoms with van der Waals surface area (Å²) in [5, 5.41) is 14.8. The largest absolute Gasteiger partial charge is 0.325 e. The van der Waals surface area contributed by atoms with Crippen molar-refractivity contribution in [1.82, 2.24) is 15.2 Å². The summed E-state index contributed by atoms with van der Waals surface area (Å²) >= 11 is 0. The van der Waals surface area contributed by atoms with Gasteiger partial charge >= 0.3 is 0 Å². The van der Waals surface area contributed by atoms with Gasteiger partial charge in [0.15, 0.2) is 0 Å². The summed E-state index contributed by atoms with van der Waals surface area (Å²) in [6.07, 6.45) is 0.616. The van der Waals surface area contributed by atoms with E-state index in [1.165, 1.54) is 4.90 Å². The molecule has 0 bridgehead atoms. The predicted molar refractivity (Wildman–Crippen MR) is 94.9 cm³/mol. The first-order chi connectivity index (χ1) is 12.2. The second-order valence-corrected chi connectivity index (χ2v) is 7.17. The number of anilines is 1. The van der Waals surface area contributed by atoms with Gasteiger partial charge in [-0.05, 0) is 32.9 Å². The van der Waals surface area contributed by atoms with Gasteiger partial charge in [0.1, 0.15) is 12.2 Å². The first kappa shape index (κ1) is 19.8. The van der Waals surface area contributed by atoms with Gasteiger partial charge in [-0.1, -0.05) is 0 Å². The average molecular weight is 361 g/mol. The van der Waals surface area contributed by atoms with E-state index in [-0.39, 0.29) is 37.7 Å². The van der Waals surface area contributed by atoms with Crippen molar-refractivity contribution in [2.24, 2.45) is 0 Å². The Bertz CT molecular complexity index is 699. The molecular formula is C18H24FN5O2. The molecule has 26 heavy (non-hydrogen) atoms. The minimum Gasteiger partial charge on any atom is -0.325 e. The summed E-state index contributed by atoms with van der Waals surface area (Å²) < 4.78 is 13.4. The van der Waals surface area contributed by atoms with Gasteiger partial charge in [0, 0.05) is 24.1 Å². The summed E-state index contributed by atoms with van der Waals surface area (Å²) in [6.45, 7) is 5.35. The highest BCUT2D eigenvalue weighted by Crippen LogP contribution is 2.20. The molecule has 1 aromatic heterocycles. The smallest absolute Gasteiger partial charge is 0.237 e. The quantitative estimate of drug-likeness (QED) is 0.801. The van der Waals surface area contributed by atoms with Crippen molar-refractivity contribution in [2.75, 3.05) is 18.4 Å². The van der Waals surface area contributed by atoms with Gasteiger partial charge in [-0.3, -0.25) is 14.6 Å². The topological polar surface area (TPSA) is 98.1 Å². The molecule has 0 aromatic carbocycles. The third kappa shape index (κ3) is 5.49. The number of nitrogens with zero attached hydrogens (tertiary/aromatic N) is 3. The second-order valence-electron chi connectivity index (χ2n) is 7.17. The molecule has 0 aliphatic carbocycles. The van der Waals surface area contributed by atoms with E-state index < -0.39 is 17.8 Å². The van der Waals surface area contributed by atoms with Gasteiger partial charge in [0.05, 0.1) is 31.0 Å². The maximum absolute atomic E-state index is 13.4. The molecule has 2 amide bonds. The van der Waals surface area contributed by atoms with Gasteiger partial charge in [0.2, 0.25) is 11.8 Å². The zero-order chi connectivity index (χ0) is 19.3. The molecule has 1 aliphatic rings. The van der Waals surface area contributed by atoms with Gasteiger partial charge in [0.25, 0.3) is 0 Å². The minimum atomic E-state index is -1.16. The van der Waals surface area contributed by atoms with E-state index in [4.69, 9.17) is 5.26 Å². The van der Waals surface area contributed by atoms with Crippen molar-refractivity contribution in [1.29, 1.82) is 5.26 Å². The fourth-order valence-electron chi connectivity index (χ4n) is 2.81. The van der Waals surface area contributed by atoms with Crippen LogP contribution in [0.15, 0.2) is 18.3 Å². The molecule has 2 N–H and O–H groups in total. The molecule has 0 spiro atoms. The lowest BCUT2D eigenvalue weighted by Crippen LogP contribution is -2.49. The van der Waals surface area contributed by atoms with E-state index in [9.17, 15) is 14.0 Å². The molecule has 0 unspecified atom stereocenters. The Balaban J connectivity index is 1.84. The van der Waals surface area contributed by atoms with Gasteiger partial charge in [-0.15, -0.1) is 0 Å². The lowest BCUT2D eigenvalue weighted by molar-refractivity contribution is -0.131. The van der Waals surface area contributed by atoms with Crippen LogP contribution in [0.4, 0.5) is 10.1 Å². The number of rotatable bonds is 6. The van der Waals surface area contributed by atoms with Crippen LogP contribution in [0.5, 0.6) is 0 Å². The number of carbonyl (C=O) groups is 2. The fourth-order valence-corrected chi connectivity index (χ4v) is 2.81. The number of carbonyl (C=O) groups excluding carboxylic acids is 2. The van der Waals surface area contributed by atoms with Crippen molar-refractivity contribution in [3.8, 4) is 6.07 Å². The summed E-state index contributed by atoms with van der Waals surface area (Å²) in [5.74, 6) is -0.548. The number of amides is 2. The Labute approximate surface area is 152 Å². The summed E-state index contributed by atoms with van der Waals surface area (Å²) in [5.41, 5.74) is 0.821. The van der Waals surface area contributed by atoms with E-state index >= 15 is 0 Å². The predicted octanol–water partition coefficient (Wildman–Crippen LogP) is 1.55. The maximum atomic E-state index is 13.4. The maximum Gasteiger partial charge on any atom is 0.237 e. The van der Waals surface area contributed by atoms with E-state index in [1.807, 2.05) is 13.0 Å². The van der Waals surface area contributed by atoms with E-state index in [0.717, 1.165) is 5.69 Å². The molecule has 2 rings (SSSR count). The lowest BCUT2D eigenvalue weighted by atomic mass is 10.00. The number of likely N-dealkylation sites (tertiary alicyclic amines) is 1. The van der Waals surface area contributed by atoms with Crippen LogP contribution in [-0.4, -0.2) is 52.5 Å². The van der Waals surface area contributed by atoms with Crippen LogP contribution >= 0.6 is 0 Å². The SMILES string of the molecule is Cc1ccc(NC(=O)CC(C)(C)NCC(=O)N2C[C@@H](F)C[C@H]2C#N)cn1. The minimum absolute atomic E-state index is 0.0542. The molecule has 8 heteroatoms. The Morgan fingerprint density at radius 3 is 2.81 bits per heavy atom. The van der Waals surface area contributed by atoms with Crippen molar-refractivity contribution in [3.63, 3.8) is 0 Å². The monoisotopic (exact) mass is 361 g/mol. The molecule has 140 valence electrons. The number of pyridine rings is 1. The van der Waals surface area contributed by atoms with Crippen molar-refractivity contribution in [3.05, 3.63) is 24.0 Å². The zero-order valence-corrected chi connectivity index (χ0v) is 15.3. The van der Waals surface area contributed by atoms with Gasteiger partial charge in [-0.2, -0.15) is 5.26 Å². The first-order valence-electron chi connectivity index (χ1n) is 8.51. The molecule has 0 radical (unpaired) electrons. The highest BCUT2D eigenvalue weighted by atomic mass is 19.1. The van der Waals surface area contributed by atoms with Crippen molar-refractivity contribution >= 4 is 17.5 Å². The third-order valence-electron chi connectivity index (χ3n) is 4.24. The Morgan fingerprint density at radius 2 is 2.19 bits per heavy atom. The van der Waals surface area contributed by atoms with Crippen molar-refractivity contribution in [2.45, 2.75) is 51.4 Å². The molecule has 1 saturated heterocycles. The Kier molecular flexibility index (Phi) is 6.27. The number of nitriles is 1. The molecule has 1 aromatic rings. The Hall–Kier alpha value is -2.53. The lowest BCUT2D eigenvalue weighted by Gasteiger charge is -2.27. The summed E-state index contributed by atoms with van der Waals surface area (Å²) in [7, 11) is 0. The molecule has 2 heterocycles. The van der Waals surface area contributed by atoms with Crippen LogP contribution in [0, 0.1) is 18.3 Å². The molecule has 7 nitrogen and oxygen atoms in total. The van der Waals surface area contributed by atoms with Crippen molar-refractivity contribution < 1.29 is 14.0 Å². The van der Waals surface area contributed by atoms with Crippen LogP contribution in [0.25, 0.3) is 0 Å². The van der Waals surface area contributed by atoms with E-state index in [0.29, 0.717) is 5.69 Å². The summed E-state index contributed by atoms with van der Waals surface area (Å²) in [6, 6.07) is 4.80. The number of aromatic nitrogens is 1. The summed E-state index contributed by atoms with van der Waals surface area (Å²) in [4.78, 5) is 29.8. The number of nitrogens with one attached hydrogen (secondary N) is 2. The molecular weight excluding hydrogens is 337 g/mol. The van der Waals surface area contributed by atoms with Crippen LogP contribution in [0.3, 0.4) is 0 Å². The number of hydrogen-bond donors (Lipinski definition) is 2. The fraction of sp³-hybridized carbons (Fsp3) is 0.556. The van der Waals surface area contributed by atoms with E-state index in [2.05, 4.69) is 15.6 Å². The molecule has 1 fully saturated rings. The Morgan fingerprint density at radius 1 is 1.46 bits per heavy atom. The normalized spacial score (nSPS) is 19.9. The molecule has 2 atom stereocenters.